The molecule has 0 aromatic carbocycles. The van der Waals surface area contributed by atoms with Crippen LogP contribution in [0.2, 0.25) is 0 Å². The molecule has 1 unspecified atom stereocenters. The van der Waals surface area contributed by atoms with E-state index in [1.54, 1.807) is 7.11 Å². The first-order chi connectivity index (χ1) is 7.29. The molecule has 1 N–H and O–H groups in total. The van der Waals surface area contributed by atoms with Gasteiger partial charge in [-0.3, -0.25) is 4.79 Å². The Morgan fingerprint density at radius 3 is 2.67 bits per heavy atom. The number of hydrogen-bond donors (Lipinski definition) is 1. The third-order valence-electron chi connectivity index (χ3n) is 2.69. The number of esters is 1. The fraction of sp³-hybridized carbons (Fsp3) is 0.909. The van der Waals surface area contributed by atoms with Gasteiger partial charge in [0.25, 0.3) is 0 Å². The Morgan fingerprint density at radius 2 is 2.13 bits per heavy atom. The van der Waals surface area contributed by atoms with Crippen molar-refractivity contribution >= 4 is 5.97 Å². The van der Waals surface area contributed by atoms with Crippen molar-refractivity contribution in [3.05, 3.63) is 0 Å². The molecule has 0 aromatic rings. The zero-order valence-electron chi connectivity index (χ0n) is 9.62. The van der Waals surface area contributed by atoms with Crippen LogP contribution in [-0.4, -0.2) is 39.4 Å². The van der Waals surface area contributed by atoms with Crippen LogP contribution in [0.5, 0.6) is 0 Å². The van der Waals surface area contributed by atoms with Crippen LogP contribution in [-0.2, 0) is 14.3 Å². The maximum atomic E-state index is 11.4. The normalized spacial score (nSPS) is 17.5. The van der Waals surface area contributed by atoms with Crippen LogP contribution in [0.3, 0.4) is 0 Å². The van der Waals surface area contributed by atoms with Gasteiger partial charge in [0, 0.05) is 13.7 Å². The van der Waals surface area contributed by atoms with Gasteiger partial charge in [0.05, 0.1) is 7.11 Å². The molecule has 1 atom stereocenters. The lowest BCUT2D eigenvalue weighted by Crippen LogP contribution is -2.40. The lowest BCUT2D eigenvalue weighted by molar-refractivity contribution is -0.143. The molecule has 88 valence electrons. The molecule has 0 radical (unpaired) electrons. The Labute approximate surface area is 91.3 Å². The highest BCUT2D eigenvalue weighted by atomic mass is 16.5. The monoisotopic (exact) mass is 215 g/mol. The third-order valence-corrected chi connectivity index (χ3v) is 2.69. The molecule has 0 bridgehead atoms. The largest absolute Gasteiger partial charge is 0.468 e. The van der Waals surface area contributed by atoms with Gasteiger partial charge in [-0.1, -0.05) is 0 Å². The average Bonchev–Trinajstić information content (AvgIpc) is 3.06. The Hall–Kier alpha value is -0.610. The van der Waals surface area contributed by atoms with E-state index in [-0.39, 0.29) is 12.0 Å². The van der Waals surface area contributed by atoms with E-state index in [0.717, 1.165) is 38.8 Å². The summed E-state index contributed by atoms with van der Waals surface area (Å²) >= 11 is 0. The van der Waals surface area contributed by atoms with Gasteiger partial charge < -0.3 is 14.8 Å². The van der Waals surface area contributed by atoms with Crippen molar-refractivity contribution in [1.29, 1.82) is 0 Å². The topological polar surface area (TPSA) is 47.6 Å². The third kappa shape index (κ3) is 4.62. The molecule has 4 nitrogen and oxygen atoms in total. The van der Waals surface area contributed by atoms with Gasteiger partial charge in [0.2, 0.25) is 0 Å². The van der Waals surface area contributed by atoms with Gasteiger partial charge in [0.15, 0.2) is 0 Å². The lowest BCUT2D eigenvalue weighted by Gasteiger charge is -2.15. The van der Waals surface area contributed by atoms with E-state index in [1.165, 1.54) is 7.11 Å². The number of rotatable bonds is 8. The summed E-state index contributed by atoms with van der Waals surface area (Å²) < 4.78 is 9.72. The molecule has 15 heavy (non-hydrogen) atoms. The number of carbonyl (C=O) groups is 1. The van der Waals surface area contributed by atoms with E-state index in [0.29, 0.717) is 5.92 Å². The van der Waals surface area contributed by atoms with Gasteiger partial charge in [-0.25, -0.2) is 0 Å². The number of ether oxygens (including phenoxy) is 2. The fourth-order valence-corrected chi connectivity index (χ4v) is 1.63. The van der Waals surface area contributed by atoms with E-state index in [9.17, 15) is 4.79 Å². The highest BCUT2D eigenvalue weighted by Crippen LogP contribution is 2.33. The first-order valence-corrected chi connectivity index (χ1v) is 5.59. The van der Waals surface area contributed by atoms with Crippen molar-refractivity contribution in [3.8, 4) is 0 Å². The van der Waals surface area contributed by atoms with Crippen LogP contribution in [0.25, 0.3) is 0 Å². The Kier molecular flexibility index (Phi) is 5.65. The van der Waals surface area contributed by atoms with Crippen molar-refractivity contribution in [3.63, 3.8) is 0 Å². The SMILES string of the molecule is COCCCCNC(C(=O)OC)C1CC1. The van der Waals surface area contributed by atoms with Gasteiger partial charge in [-0.2, -0.15) is 0 Å². The second-order valence-electron chi connectivity index (χ2n) is 3.99. The van der Waals surface area contributed by atoms with E-state index in [2.05, 4.69) is 5.32 Å². The highest BCUT2D eigenvalue weighted by molar-refractivity contribution is 5.76. The quantitative estimate of drug-likeness (QED) is 0.484. The molecule has 4 heteroatoms. The van der Waals surface area contributed by atoms with Crippen molar-refractivity contribution in [2.24, 2.45) is 5.92 Å². The van der Waals surface area contributed by atoms with Crippen LogP contribution < -0.4 is 5.32 Å². The van der Waals surface area contributed by atoms with Crippen LogP contribution >= 0.6 is 0 Å². The zero-order chi connectivity index (χ0) is 11.1. The summed E-state index contributed by atoms with van der Waals surface area (Å²) in [6.45, 7) is 1.65. The molecule has 0 aromatic heterocycles. The van der Waals surface area contributed by atoms with Crippen molar-refractivity contribution < 1.29 is 14.3 Å². The minimum Gasteiger partial charge on any atom is -0.468 e. The molecular weight excluding hydrogens is 194 g/mol. The second-order valence-corrected chi connectivity index (χ2v) is 3.99. The Morgan fingerprint density at radius 1 is 1.40 bits per heavy atom. The predicted molar refractivity (Wildman–Crippen MR) is 57.6 cm³/mol. The van der Waals surface area contributed by atoms with Crippen molar-refractivity contribution in [2.45, 2.75) is 31.7 Å². The smallest absolute Gasteiger partial charge is 0.323 e. The van der Waals surface area contributed by atoms with Gasteiger partial charge >= 0.3 is 5.97 Å². The molecule has 1 aliphatic rings. The van der Waals surface area contributed by atoms with Crippen molar-refractivity contribution in [2.75, 3.05) is 27.4 Å². The molecule has 1 saturated carbocycles. The molecular formula is C11H21NO3. The average molecular weight is 215 g/mol. The van der Waals surface area contributed by atoms with E-state index >= 15 is 0 Å². The summed E-state index contributed by atoms with van der Waals surface area (Å²) in [5.74, 6) is 0.379. The first kappa shape index (κ1) is 12.5. The molecule has 0 saturated heterocycles. The van der Waals surface area contributed by atoms with E-state index < -0.39 is 0 Å². The number of nitrogens with one attached hydrogen (secondary N) is 1. The molecule has 1 rings (SSSR count). The fourth-order valence-electron chi connectivity index (χ4n) is 1.63. The molecule has 1 fully saturated rings. The number of methoxy groups -OCH3 is 2. The van der Waals surface area contributed by atoms with Crippen LogP contribution in [0.15, 0.2) is 0 Å². The number of carbonyl (C=O) groups excluding carboxylic acids is 1. The maximum Gasteiger partial charge on any atom is 0.323 e. The zero-order valence-corrected chi connectivity index (χ0v) is 9.62. The minimum atomic E-state index is -0.121. The molecule has 0 spiro atoms. The molecule has 0 amide bonds. The van der Waals surface area contributed by atoms with Gasteiger partial charge in [-0.15, -0.1) is 0 Å². The summed E-state index contributed by atoms with van der Waals surface area (Å²) in [7, 11) is 3.15. The first-order valence-electron chi connectivity index (χ1n) is 5.59. The summed E-state index contributed by atoms with van der Waals surface area (Å²) in [4.78, 5) is 11.4. The van der Waals surface area contributed by atoms with Gasteiger partial charge in [0.1, 0.15) is 6.04 Å². The highest BCUT2D eigenvalue weighted by Gasteiger charge is 2.36. The minimum absolute atomic E-state index is 0.0856. The maximum absolute atomic E-state index is 11.4. The summed E-state index contributed by atoms with van der Waals surface area (Å²) in [6.07, 6.45) is 4.35. The number of unbranched alkanes of at least 4 members (excludes halogenated alkanes) is 1. The van der Waals surface area contributed by atoms with E-state index in [1.807, 2.05) is 0 Å². The van der Waals surface area contributed by atoms with E-state index in [4.69, 9.17) is 9.47 Å². The van der Waals surface area contributed by atoms with Crippen molar-refractivity contribution in [1.82, 2.24) is 5.32 Å². The molecule has 0 aliphatic heterocycles. The van der Waals surface area contributed by atoms with Crippen LogP contribution in [0, 0.1) is 5.92 Å². The van der Waals surface area contributed by atoms with Crippen LogP contribution in [0.1, 0.15) is 25.7 Å². The second kappa shape index (κ2) is 6.80. The predicted octanol–water partition coefficient (Wildman–Crippen LogP) is 0.954. The van der Waals surface area contributed by atoms with Crippen LogP contribution in [0.4, 0.5) is 0 Å². The number of hydrogen-bond acceptors (Lipinski definition) is 4. The summed E-state index contributed by atoms with van der Waals surface area (Å²) in [6, 6.07) is -0.0856. The molecule has 1 aliphatic carbocycles. The summed E-state index contributed by atoms with van der Waals surface area (Å²) in [5.41, 5.74) is 0. The molecule has 0 heterocycles. The Balaban J connectivity index is 2.12. The summed E-state index contributed by atoms with van der Waals surface area (Å²) in [5, 5.41) is 3.26. The lowest BCUT2D eigenvalue weighted by atomic mass is 10.2. The van der Waals surface area contributed by atoms with Gasteiger partial charge in [-0.05, 0) is 38.1 Å². The Bertz CT molecular complexity index is 192. The standard InChI is InChI=1S/C11H21NO3/c1-14-8-4-3-7-12-10(9-5-6-9)11(13)15-2/h9-10,12H,3-8H2,1-2H3.